The van der Waals surface area contributed by atoms with Crippen molar-refractivity contribution in [1.29, 1.82) is 0 Å². The summed E-state index contributed by atoms with van der Waals surface area (Å²) in [6.07, 6.45) is 3.74. The molecule has 4 rings (SSSR count). The number of aryl methyl sites for hydroxylation is 2. The van der Waals surface area contributed by atoms with Gasteiger partial charge in [0.2, 0.25) is 0 Å². The predicted octanol–water partition coefficient (Wildman–Crippen LogP) is 4.71. The van der Waals surface area contributed by atoms with Crippen LogP contribution in [-0.4, -0.2) is 22.3 Å². The highest BCUT2D eigenvalue weighted by Gasteiger charge is 2.09. The van der Waals surface area contributed by atoms with E-state index in [0.717, 1.165) is 28.2 Å². The number of benzene rings is 2. The third-order valence-corrected chi connectivity index (χ3v) is 4.48. The van der Waals surface area contributed by atoms with Crippen LogP contribution in [0.5, 0.6) is 11.5 Å². The summed E-state index contributed by atoms with van der Waals surface area (Å²) in [5, 5.41) is 3.83. The number of rotatable bonds is 4. The Bertz CT molecular complexity index is 1020. The average molecular weight is 353 g/mol. The monoisotopic (exact) mass is 352 g/mol. The molecule has 0 amide bonds. The number of allylic oxidation sites excluding steroid dienone is 1. The minimum Gasteiger partial charge on any atom is -0.456 e. The lowest BCUT2D eigenvalue weighted by Gasteiger charge is -2.11. The summed E-state index contributed by atoms with van der Waals surface area (Å²) in [6, 6.07) is 11.5. The highest BCUT2D eigenvalue weighted by molar-refractivity contribution is 6.32. The normalized spacial score (nSPS) is 13.3. The van der Waals surface area contributed by atoms with E-state index in [2.05, 4.69) is 15.3 Å². The van der Waals surface area contributed by atoms with Gasteiger partial charge in [0.05, 0.1) is 22.6 Å². The van der Waals surface area contributed by atoms with Gasteiger partial charge in [0, 0.05) is 30.7 Å². The van der Waals surface area contributed by atoms with Crippen LogP contribution in [0.4, 0.5) is 5.69 Å². The van der Waals surface area contributed by atoms with Gasteiger partial charge in [0.15, 0.2) is 0 Å². The van der Waals surface area contributed by atoms with Crippen molar-refractivity contribution in [3.8, 4) is 11.5 Å². The summed E-state index contributed by atoms with van der Waals surface area (Å²) >= 11 is 6.38. The van der Waals surface area contributed by atoms with Crippen LogP contribution < -0.4 is 10.1 Å². The van der Waals surface area contributed by atoms with Crippen LogP contribution in [0.2, 0.25) is 5.02 Å². The maximum absolute atomic E-state index is 6.38. The third-order valence-electron chi connectivity index (χ3n) is 4.18. The molecule has 1 aliphatic heterocycles. The fourth-order valence-electron chi connectivity index (χ4n) is 2.76. The molecule has 0 atom stereocenters. The van der Waals surface area contributed by atoms with E-state index in [-0.39, 0.29) is 0 Å². The van der Waals surface area contributed by atoms with Gasteiger partial charge in [-0.05, 0) is 43.3 Å². The number of imidazole rings is 1. The Morgan fingerprint density at radius 3 is 2.84 bits per heavy atom. The van der Waals surface area contributed by atoms with Crippen LogP contribution in [-0.2, 0) is 7.05 Å². The van der Waals surface area contributed by atoms with Crippen LogP contribution in [0.25, 0.3) is 11.0 Å². The molecule has 3 aromatic rings. The molecule has 0 saturated carbocycles. The van der Waals surface area contributed by atoms with Gasteiger partial charge in [-0.15, -0.1) is 0 Å². The van der Waals surface area contributed by atoms with Crippen molar-refractivity contribution < 1.29 is 4.74 Å². The average Bonchev–Trinajstić information content (AvgIpc) is 3.19. The van der Waals surface area contributed by atoms with Gasteiger partial charge in [-0.1, -0.05) is 11.6 Å². The van der Waals surface area contributed by atoms with Crippen molar-refractivity contribution in [3.05, 3.63) is 59.0 Å². The number of hydrogen-bond acceptors (Lipinski definition) is 4. The van der Waals surface area contributed by atoms with Gasteiger partial charge in [-0.2, -0.15) is 0 Å². The van der Waals surface area contributed by atoms with Crippen LogP contribution >= 0.6 is 11.6 Å². The lowest BCUT2D eigenvalue weighted by molar-refractivity contribution is 0.483. The van der Waals surface area contributed by atoms with E-state index in [1.54, 1.807) is 6.21 Å². The maximum Gasteiger partial charge on any atom is 0.146 e. The Labute approximate surface area is 150 Å². The van der Waals surface area contributed by atoms with E-state index in [1.165, 1.54) is 0 Å². The first kappa shape index (κ1) is 15.7. The first-order valence-corrected chi connectivity index (χ1v) is 8.34. The molecule has 0 saturated heterocycles. The summed E-state index contributed by atoms with van der Waals surface area (Å²) in [7, 11) is 2.00. The molecule has 0 spiro atoms. The molecular weight excluding hydrogens is 336 g/mol. The molecule has 2 aromatic carbocycles. The smallest absolute Gasteiger partial charge is 0.146 e. The number of nitrogens with one attached hydrogen (secondary N) is 1. The van der Waals surface area contributed by atoms with E-state index in [1.807, 2.05) is 61.0 Å². The van der Waals surface area contributed by atoms with Crippen molar-refractivity contribution in [1.82, 2.24) is 9.55 Å². The lowest BCUT2D eigenvalue weighted by Crippen LogP contribution is -2.00. The molecule has 0 bridgehead atoms. The molecule has 1 aliphatic rings. The molecule has 0 fully saturated rings. The molecule has 0 radical (unpaired) electrons. The minimum absolute atomic E-state index is 0.543. The highest BCUT2D eigenvalue weighted by atomic mass is 35.5. The first-order chi connectivity index (χ1) is 12.1. The van der Waals surface area contributed by atoms with E-state index in [9.17, 15) is 0 Å². The van der Waals surface area contributed by atoms with Gasteiger partial charge < -0.3 is 14.6 Å². The highest BCUT2D eigenvalue weighted by Crippen LogP contribution is 2.33. The van der Waals surface area contributed by atoms with Crippen LogP contribution in [0.3, 0.4) is 0 Å². The molecule has 2 heterocycles. The molecule has 0 aliphatic carbocycles. The Morgan fingerprint density at radius 2 is 2.08 bits per heavy atom. The summed E-state index contributed by atoms with van der Waals surface area (Å²) < 4.78 is 7.99. The van der Waals surface area contributed by atoms with Gasteiger partial charge >= 0.3 is 0 Å². The lowest BCUT2D eigenvalue weighted by atomic mass is 10.2. The molecule has 5 nitrogen and oxygen atoms in total. The first-order valence-electron chi connectivity index (χ1n) is 7.96. The Morgan fingerprint density at radius 1 is 1.20 bits per heavy atom. The van der Waals surface area contributed by atoms with Gasteiger partial charge in [0.1, 0.15) is 17.3 Å². The number of ether oxygens (including phenoxy) is 1. The standard InChI is InChI=1S/C19H17ClN4O/c1-12-22-17-10-15(4-5-18(17)24(12)2)25-19-6-3-13(9-16(19)20)23-14-7-8-21-11-14/h3-10,23H,11H2,1-2H3. The summed E-state index contributed by atoms with van der Waals surface area (Å²) in [5.74, 6) is 2.28. The van der Waals surface area contributed by atoms with Crippen molar-refractivity contribution in [2.24, 2.45) is 12.0 Å². The number of hydrogen-bond donors (Lipinski definition) is 1. The van der Waals surface area contributed by atoms with E-state index in [4.69, 9.17) is 16.3 Å². The number of aromatic nitrogens is 2. The van der Waals surface area contributed by atoms with Crippen molar-refractivity contribution in [2.45, 2.75) is 6.92 Å². The van der Waals surface area contributed by atoms with Crippen molar-refractivity contribution >= 4 is 34.5 Å². The Kier molecular flexibility index (Phi) is 3.93. The summed E-state index contributed by atoms with van der Waals surface area (Å²) in [6.45, 7) is 2.65. The zero-order valence-corrected chi connectivity index (χ0v) is 14.7. The van der Waals surface area contributed by atoms with Crippen LogP contribution in [0, 0.1) is 6.92 Å². The summed E-state index contributed by atoms with van der Waals surface area (Å²) in [5.41, 5.74) is 3.92. The van der Waals surface area contributed by atoms with Crippen molar-refractivity contribution in [2.75, 3.05) is 11.9 Å². The van der Waals surface area contributed by atoms with Gasteiger partial charge in [-0.25, -0.2) is 4.98 Å². The SMILES string of the molecule is Cc1nc2cc(Oc3ccc(NC4=CC=NC4)cc3Cl)ccc2n1C. The molecular formula is C19H17ClN4O. The fourth-order valence-corrected chi connectivity index (χ4v) is 2.98. The van der Waals surface area contributed by atoms with Gasteiger partial charge in [-0.3, -0.25) is 4.99 Å². The molecule has 6 heteroatoms. The van der Waals surface area contributed by atoms with E-state index in [0.29, 0.717) is 23.1 Å². The predicted molar refractivity (Wildman–Crippen MR) is 102 cm³/mol. The molecule has 1 aromatic heterocycles. The van der Waals surface area contributed by atoms with Gasteiger partial charge in [0.25, 0.3) is 0 Å². The Hall–Kier alpha value is -2.79. The number of anilines is 1. The van der Waals surface area contributed by atoms with Crippen LogP contribution in [0.15, 0.2) is 53.2 Å². The Balaban J connectivity index is 1.56. The topological polar surface area (TPSA) is 51.4 Å². The molecule has 25 heavy (non-hydrogen) atoms. The summed E-state index contributed by atoms with van der Waals surface area (Å²) in [4.78, 5) is 8.67. The number of fused-ring (bicyclic) bond motifs is 1. The number of nitrogens with zero attached hydrogens (tertiary/aromatic N) is 3. The van der Waals surface area contributed by atoms with Crippen molar-refractivity contribution in [3.63, 3.8) is 0 Å². The number of aliphatic imine (C=N–C) groups is 1. The van der Waals surface area contributed by atoms with E-state index < -0.39 is 0 Å². The molecule has 0 unspecified atom stereocenters. The molecule has 1 N–H and O–H groups in total. The minimum atomic E-state index is 0.543. The fraction of sp³-hybridized carbons (Fsp3) is 0.158. The quantitative estimate of drug-likeness (QED) is 0.740. The zero-order chi connectivity index (χ0) is 17.4. The molecule has 126 valence electrons. The third kappa shape index (κ3) is 3.10. The maximum atomic E-state index is 6.38. The zero-order valence-electron chi connectivity index (χ0n) is 14.0. The number of halogens is 1. The second-order valence-electron chi connectivity index (χ2n) is 5.92. The largest absolute Gasteiger partial charge is 0.456 e. The second kappa shape index (κ2) is 6.26. The second-order valence-corrected chi connectivity index (χ2v) is 6.33. The van der Waals surface area contributed by atoms with E-state index >= 15 is 0 Å². The van der Waals surface area contributed by atoms with Crippen LogP contribution in [0.1, 0.15) is 5.82 Å².